The first-order valence-electron chi connectivity index (χ1n) is 34.3. The maximum absolute atomic E-state index is 12.9. The second-order valence-electron chi connectivity index (χ2n) is 22.4. The minimum absolute atomic E-state index is 0.0945. The number of hydrogen-bond acceptors (Lipinski definition) is 6. The van der Waals surface area contributed by atoms with Crippen LogP contribution in [-0.4, -0.2) is 37.2 Å². The molecule has 0 saturated heterocycles. The number of rotatable bonds is 61. The predicted molar refractivity (Wildman–Crippen MR) is 362 cm³/mol. The zero-order valence-corrected chi connectivity index (χ0v) is 53.9. The normalized spacial score (nSPS) is 13.0. The molecule has 0 fully saturated rings. The van der Waals surface area contributed by atoms with Gasteiger partial charge in [-0.2, -0.15) is 0 Å². The summed E-state index contributed by atoms with van der Waals surface area (Å²) in [5.41, 5.74) is 0. The Hall–Kier alpha value is -4.71. The largest absolute Gasteiger partial charge is 0.462 e. The van der Waals surface area contributed by atoms with E-state index in [1.54, 1.807) is 0 Å². The van der Waals surface area contributed by atoms with E-state index < -0.39 is 6.10 Å². The van der Waals surface area contributed by atoms with Crippen molar-refractivity contribution in [3.8, 4) is 0 Å². The summed E-state index contributed by atoms with van der Waals surface area (Å²) in [4.78, 5) is 38.1. The molecule has 6 heteroatoms. The lowest BCUT2D eigenvalue weighted by Crippen LogP contribution is -2.30. The fourth-order valence-electron chi connectivity index (χ4n) is 9.21. The molecule has 0 aliphatic rings. The van der Waals surface area contributed by atoms with Gasteiger partial charge < -0.3 is 14.2 Å². The highest BCUT2D eigenvalue weighted by molar-refractivity contribution is 5.71. The first-order chi connectivity index (χ1) is 41.0. The minimum Gasteiger partial charge on any atom is -0.462 e. The number of ether oxygens (including phenoxy) is 3. The van der Waals surface area contributed by atoms with Gasteiger partial charge in [0.05, 0.1) is 0 Å². The molecule has 1 atom stereocenters. The molecule has 0 N–H and O–H groups in total. The lowest BCUT2D eigenvalue weighted by atomic mass is 10.0. The molecular weight excluding hydrogens is 1020 g/mol. The van der Waals surface area contributed by atoms with E-state index in [1.807, 2.05) is 0 Å². The van der Waals surface area contributed by atoms with Crippen LogP contribution in [0.3, 0.4) is 0 Å². The molecule has 0 radical (unpaired) electrons. The molecule has 83 heavy (non-hydrogen) atoms. The molecule has 6 nitrogen and oxygen atoms in total. The fourth-order valence-corrected chi connectivity index (χ4v) is 9.21. The zero-order chi connectivity index (χ0) is 59.9. The summed E-state index contributed by atoms with van der Waals surface area (Å²) >= 11 is 0. The lowest BCUT2D eigenvalue weighted by molar-refractivity contribution is -0.167. The maximum Gasteiger partial charge on any atom is 0.306 e. The van der Waals surface area contributed by atoms with E-state index >= 15 is 0 Å². The fraction of sp³-hybridized carbons (Fsp3) is 0.649. The molecule has 0 bridgehead atoms. The summed E-state index contributed by atoms with van der Waals surface area (Å²) in [6, 6.07) is 0. The van der Waals surface area contributed by atoms with Gasteiger partial charge in [0, 0.05) is 19.3 Å². The number of unbranched alkanes of at least 4 members (excludes halogenated alkanes) is 26. The first kappa shape index (κ1) is 78.3. The standard InChI is InChI=1S/C77H126O6/c1-4-7-10-13-16-18-20-22-24-26-28-30-32-34-35-36-37-38-39-40-41-43-44-46-48-50-52-54-56-58-61-64-67-70-76(79)82-73-74(72-81-75(78)69-66-63-60-15-12-9-6-3)83-77(80)71-68-65-62-59-57-55-53-51-49-47-45-42-33-31-29-27-25-23-21-19-17-14-11-8-5-2/h7,10,16,18,21-24,27-30,34-35,37-38,40-41,44,46,50,52,56,58,74H,4-6,8-9,11-15,17,19-20,25-26,31-33,36,39,42-43,45,47-49,51,53-55,57,59-73H2,1-3H3/b10-7-,18-16-,23-21-,24-22-,29-27-,30-28-,35-34-,38-37-,41-40-,46-44-,52-50-,58-56-. The van der Waals surface area contributed by atoms with Crippen molar-refractivity contribution in [3.05, 3.63) is 146 Å². The van der Waals surface area contributed by atoms with E-state index in [2.05, 4.69) is 167 Å². The van der Waals surface area contributed by atoms with Gasteiger partial charge in [-0.25, -0.2) is 0 Å². The van der Waals surface area contributed by atoms with Crippen LogP contribution in [0, 0.1) is 0 Å². The quantitative estimate of drug-likeness (QED) is 0.0261. The van der Waals surface area contributed by atoms with E-state index in [1.165, 1.54) is 135 Å². The highest BCUT2D eigenvalue weighted by Crippen LogP contribution is 2.16. The van der Waals surface area contributed by atoms with E-state index in [9.17, 15) is 14.4 Å². The molecule has 0 saturated carbocycles. The van der Waals surface area contributed by atoms with E-state index in [0.29, 0.717) is 25.7 Å². The van der Waals surface area contributed by atoms with E-state index in [0.717, 1.165) is 122 Å². The molecule has 1 unspecified atom stereocenters. The van der Waals surface area contributed by atoms with Crippen LogP contribution in [0.5, 0.6) is 0 Å². The van der Waals surface area contributed by atoms with Crippen molar-refractivity contribution in [3.63, 3.8) is 0 Å². The second kappa shape index (κ2) is 69.8. The Labute approximate surface area is 512 Å². The van der Waals surface area contributed by atoms with Gasteiger partial charge in [-0.05, 0) is 128 Å². The van der Waals surface area contributed by atoms with Crippen molar-refractivity contribution in [2.24, 2.45) is 0 Å². The van der Waals surface area contributed by atoms with Crippen LogP contribution in [-0.2, 0) is 28.6 Å². The average molecular weight is 1150 g/mol. The van der Waals surface area contributed by atoms with Crippen molar-refractivity contribution in [2.45, 2.75) is 309 Å². The Kier molecular flexibility index (Phi) is 65.8. The van der Waals surface area contributed by atoms with Crippen LogP contribution in [0.1, 0.15) is 303 Å². The van der Waals surface area contributed by atoms with Gasteiger partial charge in [-0.3, -0.25) is 14.4 Å². The molecule has 0 spiro atoms. The van der Waals surface area contributed by atoms with E-state index in [4.69, 9.17) is 14.2 Å². The highest BCUT2D eigenvalue weighted by Gasteiger charge is 2.19. The third kappa shape index (κ3) is 68.0. The van der Waals surface area contributed by atoms with Crippen LogP contribution in [0.2, 0.25) is 0 Å². The summed E-state index contributed by atoms with van der Waals surface area (Å²) in [6.45, 7) is 6.45. The van der Waals surface area contributed by atoms with Crippen LogP contribution in [0.4, 0.5) is 0 Å². The number of esters is 3. The van der Waals surface area contributed by atoms with Crippen LogP contribution in [0.15, 0.2) is 146 Å². The summed E-state index contributed by atoms with van der Waals surface area (Å²) in [7, 11) is 0. The van der Waals surface area contributed by atoms with Gasteiger partial charge in [0.15, 0.2) is 6.10 Å². The van der Waals surface area contributed by atoms with Gasteiger partial charge in [0.2, 0.25) is 0 Å². The smallest absolute Gasteiger partial charge is 0.306 e. The molecule has 0 amide bonds. The Balaban J connectivity index is 4.23. The van der Waals surface area contributed by atoms with Gasteiger partial charge in [-0.1, -0.05) is 301 Å². The number of allylic oxidation sites excluding steroid dienone is 24. The SMILES string of the molecule is CC/C=C\C/C=C\C/C=C\C/C=C\C/C=C\C/C=C\C/C=C\C/C=C\C/C=C\C/C=C\CCCCC(=O)OCC(COC(=O)CCCCCCCCC)OC(=O)CCCCCCCCCCCCCCC/C=C\C/C=C\CCCCCCC. The topological polar surface area (TPSA) is 78.9 Å². The molecule has 0 heterocycles. The molecule has 0 aliphatic heterocycles. The number of carbonyl (C=O) groups excluding carboxylic acids is 3. The van der Waals surface area contributed by atoms with Crippen LogP contribution in [0.25, 0.3) is 0 Å². The van der Waals surface area contributed by atoms with Gasteiger partial charge in [-0.15, -0.1) is 0 Å². The summed E-state index contributed by atoms with van der Waals surface area (Å²) in [5.74, 6) is -0.945. The molecule has 0 aromatic heterocycles. The summed E-state index contributed by atoms with van der Waals surface area (Å²) < 4.78 is 16.8. The maximum atomic E-state index is 12.9. The van der Waals surface area contributed by atoms with Crippen molar-refractivity contribution in [2.75, 3.05) is 13.2 Å². The minimum atomic E-state index is -0.799. The number of carbonyl (C=O) groups is 3. The van der Waals surface area contributed by atoms with Gasteiger partial charge in [0.25, 0.3) is 0 Å². The van der Waals surface area contributed by atoms with Crippen LogP contribution >= 0.6 is 0 Å². The van der Waals surface area contributed by atoms with Crippen LogP contribution < -0.4 is 0 Å². The lowest BCUT2D eigenvalue weighted by Gasteiger charge is -2.18. The average Bonchev–Trinajstić information content (AvgIpc) is 3.50. The second-order valence-corrected chi connectivity index (χ2v) is 22.4. The van der Waals surface area contributed by atoms with Crippen molar-refractivity contribution >= 4 is 17.9 Å². The molecule has 470 valence electrons. The number of hydrogen-bond donors (Lipinski definition) is 0. The molecular formula is C77H126O6. The Morgan fingerprint density at radius 2 is 0.470 bits per heavy atom. The van der Waals surface area contributed by atoms with Crippen molar-refractivity contribution < 1.29 is 28.6 Å². The van der Waals surface area contributed by atoms with Crippen molar-refractivity contribution in [1.29, 1.82) is 0 Å². The summed E-state index contributed by atoms with van der Waals surface area (Å²) in [5, 5.41) is 0. The molecule has 0 aliphatic carbocycles. The molecule has 0 aromatic rings. The Bertz CT molecular complexity index is 1800. The molecule has 0 aromatic carbocycles. The summed E-state index contributed by atoms with van der Waals surface area (Å²) in [6.07, 6.45) is 100. The third-order valence-electron chi connectivity index (χ3n) is 14.3. The zero-order valence-electron chi connectivity index (χ0n) is 53.9. The predicted octanol–water partition coefficient (Wildman–Crippen LogP) is 23.9. The monoisotopic (exact) mass is 1150 g/mol. The van der Waals surface area contributed by atoms with Crippen molar-refractivity contribution in [1.82, 2.24) is 0 Å². The molecule has 0 rings (SSSR count). The van der Waals surface area contributed by atoms with E-state index in [-0.39, 0.29) is 31.1 Å². The first-order valence-corrected chi connectivity index (χ1v) is 34.3. The van der Waals surface area contributed by atoms with Gasteiger partial charge in [0.1, 0.15) is 13.2 Å². The highest BCUT2D eigenvalue weighted by atomic mass is 16.6. The Morgan fingerprint density at radius 1 is 0.253 bits per heavy atom. The van der Waals surface area contributed by atoms with Gasteiger partial charge >= 0.3 is 17.9 Å². The third-order valence-corrected chi connectivity index (χ3v) is 14.3. The Morgan fingerprint density at radius 3 is 0.759 bits per heavy atom.